The van der Waals surface area contributed by atoms with Gasteiger partial charge in [-0.25, -0.2) is 0 Å². The number of nitrogens with zero attached hydrogens (tertiary/aromatic N) is 2. The molecule has 2 N–H and O–H groups in total. The zero-order valence-corrected chi connectivity index (χ0v) is 11.2. The molecular weight excluding hydrogens is 262 g/mol. The van der Waals surface area contributed by atoms with Crippen molar-refractivity contribution in [3.05, 3.63) is 39.8 Å². The molecule has 2 aromatic heterocycles. The summed E-state index contributed by atoms with van der Waals surface area (Å²) in [5.74, 6) is 5.30. The molecule has 98 valence electrons. The summed E-state index contributed by atoms with van der Waals surface area (Å²) in [5, 5.41) is 15.2. The predicted octanol–water partition coefficient (Wildman–Crippen LogP) is 1.09. The SMILES string of the molecule is CN(Cc1cn[nH]c1)C(=O)c1ccc(C#CCO)s1. The number of carbonyl (C=O) groups is 1. The van der Waals surface area contributed by atoms with E-state index in [1.54, 1.807) is 36.5 Å². The predicted molar refractivity (Wildman–Crippen MR) is 72.7 cm³/mol. The molecular formula is C13H13N3O2S. The number of hydrogen-bond donors (Lipinski definition) is 2. The van der Waals surface area contributed by atoms with Crippen LogP contribution in [0.25, 0.3) is 0 Å². The van der Waals surface area contributed by atoms with Gasteiger partial charge in [0.1, 0.15) is 6.61 Å². The van der Waals surface area contributed by atoms with E-state index in [-0.39, 0.29) is 12.5 Å². The number of hydrogen-bond acceptors (Lipinski definition) is 4. The zero-order valence-electron chi connectivity index (χ0n) is 10.4. The lowest BCUT2D eigenvalue weighted by molar-refractivity contribution is 0.0790. The number of H-pyrrole nitrogens is 1. The molecule has 5 nitrogen and oxygen atoms in total. The van der Waals surface area contributed by atoms with Crippen molar-refractivity contribution < 1.29 is 9.90 Å². The van der Waals surface area contributed by atoms with Gasteiger partial charge in [0.25, 0.3) is 5.91 Å². The maximum Gasteiger partial charge on any atom is 0.264 e. The van der Waals surface area contributed by atoms with Gasteiger partial charge in [-0.1, -0.05) is 11.8 Å². The summed E-state index contributed by atoms with van der Waals surface area (Å²) in [5.41, 5.74) is 0.952. The Balaban J connectivity index is 2.04. The molecule has 0 aliphatic rings. The molecule has 6 heteroatoms. The fraction of sp³-hybridized carbons (Fsp3) is 0.231. The summed E-state index contributed by atoms with van der Waals surface area (Å²) in [6, 6.07) is 3.53. The minimum Gasteiger partial charge on any atom is -0.384 e. The van der Waals surface area contributed by atoms with E-state index in [1.165, 1.54) is 11.3 Å². The number of amides is 1. The first kappa shape index (κ1) is 13.3. The van der Waals surface area contributed by atoms with E-state index >= 15 is 0 Å². The average Bonchev–Trinajstić information content (AvgIpc) is 3.06. The van der Waals surface area contributed by atoms with Crippen LogP contribution in [0.5, 0.6) is 0 Å². The number of aliphatic hydroxyl groups is 1. The van der Waals surface area contributed by atoms with Crippen molar-refractivity contribution in [3.63, 3.8) is 0 Å². The second kappa shape index (κ2) is 6.18. The van der Waals surface area contributed by atoms with Crippen molar-refractivity contribution in [1.29, 1.82) is 0 Å². The van der Waals surface area contributed by atoms with Gasteiger partial charge in [0.2, 0.25) is 0 Å². The smallest absolute Gasteiger partial charge is 0.264 e. The third-order valence-corrected chi connectivity index (χ3v) is 3.42. The van der Waals surface area contributed by atoms with E-state index in [4.69, 9.17) is 5.11 Å². The van der Waals surface area contributed by atoms with Crippen molar-refractivity contribution in [2.45, 2.75) is 6.54 Å². The minimum atomic E-state index is -0.179. The lowest BCUT2D eigenvalue weighted by Gasteiger charge is -2.14. The highest BCUT2D eigenvalue weighted by Crippen LogP contribution is 2.17. The van der Waals surface area contributed by atoms with Crippen LogP contribution < -0.4 is 0 Å². The van der Waals surface area contributed by atoms with E-state index in [1.807, 2.05) is 0 Å². The number of rotatable bonds is 3. The van der Waals surface area contributed by atoms with Gasteiger partial charge in [-0.3, -0.25) is 9.89 Å². The van der Waals surface area contributed by atoms with Crippen LogP contribution in [0.4, 0.5) is 0 Å². The van der Waals surface area contributed by atoms with Crippen molar-refractivity contribution >= 4 is 17.2 Å². The van der Waals surface area contributed by atoms with Crippen LogP contribution >= 0.6 is 11.3 Å². The van der Waals surface area contributed by atoms with Crippen LogP contribution in [0.3, 0.4) is 0 Å². The first-order valence-electron chi connectivity index (χ1n) is 5.63. The van der Waals surface area contributed by atoms with E-state index in [2.05, 4.69) is 22.0 Å². The van der Waals surface area contributed by atoms with Gasteiger partial charge < -0.3 is 10.0 Å². The fourth-order valence-electron chi connectivity index (χ4n) is 1.54. The first-order valence-corrected chi connectivity index (χ1v) is 6.45. The van der Waals surface area contributed by atoms with Gasteiger partial charge in [-0.15, -0.1) is 11.3 Å². The van der Waals surface area contributed by atoms with Crippen molar-refractivity contribution in [2.24, 2.45) is 0 Å². The highest BCUT2D eigenvalue weighted by molar-refractivity contribution is 7.14. The second-order valence-corrected chi connectivity index (χ2v) is 4.98. The second-order valence-electron chi connectivity index (χ2n) is 3.89. The van der Waals surface area contributed by atoms with Crippen molar-refractivity contribution in [2.75, 3.05) is 13.7 Å². The molecule has 2 aromatic rings. The Bertz CT molecular complexity index is 607. The highest BCUT2D eigenvalue weighted by Gasteiger charge is 2.14. The molecule has 0 aliphatic heterocycles. The van der Waals surface area contributed by atoms with E-state index in [0.29, 0.717) is 11.4 Å². The standard InChI is InChI=1S/C13H13N3O2S/c1-16(9-10-7-14-15-8-10)13(18)12-5-4-11(19-12)3-2-6-17/h4-5,7-8,17H,6,9H2,1H3,(H,14,15). The molecule has 0 saturated heterocycles. The lowest BCUT2D eigenvalue weighted by Crippen LogP contribution is -2.25. The van der Waals surface area contributed by atoms with Crippen LogP contribution in [0.1, 0.15) is 20.1 Å². The molecule has 2 rings (SSSR count). The minimum absolute atomic E-state index is 0.0525. The molecule has 19 heavy (non-hydrogen) atoms. The number of aromatic nitrogens is 2. The third kappa shape index (κ3) is 3.44. The molecule has 0 spiro atoms. The normalized spacial score (nSPS) is 9.79. The molecule has 1 amide bonds. The Labute approximate surface area is 114 Å². The Morgan fingerprint density at radius 3 is 3.11 bits per heavy atom. The molecule has 0 unspecified atom stereocenters. The Morgan fingerprint density at radius 1 is 1.58 bits per heavy atom. The largest absolute Gasteiger partial charge is 0.384 e. The number of carbonyl (C=O) groups excluding carboxylic acids is 1. The van der Waals surface area contributed by atoms with Gasteiger partial charge in [-0.2, -0.15) is 5.10 Å². The molecule has 0 atom stereocenters. The van der Waals surface area contributed by atoms with Gasteiger partial charge in [0, 0.05) is 25.4 Å². The fourth-order valence-corrected chi connectivity index (χ4v) is 2.42. The van der Waals surface area contributed by atoms with Crippen molar-refractivity contribution in [3.8, 4) is 11.8 Å². The molecule has 0 fully saturated rings. The lowest BCUT2D eigenvalue weighted by atomic mass is 10.3. The van der Waals surface area contributed by atoms with Crippen molar-refractivity contribution in [1.82, 2.24) is 15.1 Å². The number of aliphatic hydroxyl groups excluding tert-OH is 1. The summed E-state index contributed by atoms with van der Waals surface area (Å²) < 4.78 is 0. The zero-order chi connectivity index (χ0) is 13.7. The summed E-state index contributed by atoms with van der Waals surface area (Å²) in [4.78, 5) is 15.2. The van der Waals surface area contributed by atoms with Gasteiger partial charge in [0.05, 0.1) is 16.0 Å². The Morgan fingerprint density at radius 2 is 2.42 bits per heavy atom. The first-order chi connectivity index (χ1) is 9.20. The summed E-state index contributed by atoms with van der Waals surface area (Å²) in [7, 11) is 1.74. The molecule has 0 radical (unpaired) electrons. The maximum absolute atomic E-state index is 12.2. The van der Waals surface area contributed by atoms with E-state index < -0.39 is 0 Å². The summed E-state index contributed by atoms with van der Waals surface area (Å²) >= 11 is 1.32. The molecule has 0 aromatic carbocycles. The van der Waals surface area contributed by atoms with Gasteiger partial charge in [0.15, 0.2) is 0 Å². The van der Waals surface area contributed by atoms with Crippen LogP contribution in [-0.2, 0) is 6.54 Å². The van der Waals surface area contributed by atoms with Gasteiger partial charge >= 0.3 is 0 Å². The molecule has 0 bridgehead atoms. The maximum atomic E-state index is 12.2. The quantitative estimate of drug-likeness (QED) is 0.824. The molecule has 2 heterocycles. The highest BCUT2D eigenvalue weighted by atomic mass is 32.1. The van der Waals surface area contributed by atoms with Crippen LogP contribution in [0.2, 0.25) is 0 Å². The van der Waals surface area contributed by atoms with Gasteiger partial charge in [-0.05, 0) is 12.1 Å². The average molecular weight is 275 g/mol. The molecule has 0 aliphatic carbocycles. The van der Waals surface area contributed by atoms with E-state index in [0.717, 1.165) is 10.4 Å². The Kier molecular flexibility index (Phi) is 4.34. The number of aromatic amines is 1. The van der Waals surface area contributed by atoms with Crippen LogP contribution in [0.15, 0.2) is 24.5 Å². The van der Waals surface area contributed by atoms with E-state index in [9.17, 15) is 4.79 Å². The summed E-state index contributed by atoms with van der Waals surface area (Å²) in [6.07, 6.45) is 3.45. The number of nitrogens with one attached hydrogen (secondary N) is 1. The topological polar surface area (TPSA) is 69.2 Å². The van der Waals surface area contributed by atoms with Crippen LogP contribution in [-0.4, -0.2) is 39.8 Å². The monoisotopic (exact) mass is 275 g/mol. The molecule has 0 saturated carbocycles. The third-order valence-electron chi connectivity index (χ3n) is 2.43. The summed E-state index contributed by atoms with van der Waals surface area (Å²) in [6.45, 7) is 0.326. The van der Waals surface area contributed by atoms with Crippen LogP contribution in [0, 0.1) is 11.8 Å². The Hall–Kier alpha value is -2.10. The number of thiophene rings is 1.